The number of fused-ring (bicyclic) bond motifs is 1. The molecule has 26 heavy (non-hydrogen) atoms. The summed E-state index contributed by atoms with van der Waals surface area (Å²) >= 11 is 0. The van der Waals surface area contributed by atoms with Gasteiger partial charge in [-0.2, -0.15) is 5.26 Å². The van der Waals surface area contributed by atoms with Gasteiger partial charge in [0.2, 0.25) is 5.88 Å². The van der Waals surface area contributed by atoms with Gasteiger partial charge >= 0.3 is 0 Å². The van der Waals surface area contributed by atoms with Gasteiger partial charge in [0.15, 0.2) is 0 Å². The van der Waals surface area contributed by atoms with Crippen LogP contribution in [0.2, 0.25) is 0 Å². The molecule has 5 heteroatoms. The van der Waals surface area contributed by atoms with Crippen LogP contribution in [-0.4, -0.2) is 11.7 Å². The molecule has 0 fully saturated rings. The van der Waals surface area contributed by atoms with Gasteiger partial charge in [-0.3, -0.25) is 0 Å². The van der Waals surface area contributed by atoms with E-state index in [1.807, 2.05) is 24.3 Å². The van der Waals surface area contributed by atoms with Crippen molar-refractivity contribution < 1.29 is 14.6 Å². The second-order valence-corrected chi connectivity index (χ2v) is 6.27. The Morgan fingerprint density at radius 3 is 2.65 bits per heavy atom. The van der Waals surface area contributed by atoms with Crippen LogP contribution < -0.4 is 15.2 Å². The highest BCUT2D eigenvalue weighted by molar-refractivity contribution is 5.57. The van der Waals surface area contributed by atoms with Gasteiger partial charge in [-0.1, -0.05) is 38.0 Å². The standard InChI is InChI=1S/C21H22N2O3/c1-2-3-4-11-25-16-8-5-14(6-9-16)20-17-10-7-15(24)12-19(17)26-21(23)18(20)13-22/h5-10,12,20,24H,2-4,11,23H2,1H3/t20-/m1/s1. The maximum Gasteiger partial charge on any atom is 0.205 e. The summed E-state index contributed by atoms with van der Waals surface area (Å²) in [6.45, 7) is 2.86. The molecule has 2 aromatic rings. The van der Waals surface area contributed by atoms with E-state index in [2.05, 4.69) is 13.0 Å². The largest absolute Gasteiger partial charge is 0.508 e. The van der Waals surface area contributed by atoms with E-state index in [1.54, 1.807) is 12.1 Å². The Bertz CT molecular complexity index is 851. The fourth-order valence-electron chi connectivity index (χ4n) is 3.09. The maximum atomic E-state index is 9.69. The van der Waals surface area contributed by atoms with Crippen LogP contribution in [0.5, 0.6) is 17.2 Å². The summed E-state index contributed by atoms with van der Waals surface area (Å²) in [5, 5.41) is 19.2. The number of benzene rings is 2. The molecular formula is C21H22N2O3. The van der Waals surface area contributed by atoms with E-state index in [1.165, 1.54) is 6.07 Å². The Kier molecular flexibility index (Phi) is 5.33. The van der Waals surface area contributed by atoms with Crippen LogP contribution in [0.15, 0.2) is 53.9 Å². The zero-order valence-corrected chi connectivity index (χ0v) is 14.7. The van der Waals surface area contributed by atoms with Crippen molar-refractivity contribution in [3.05, 3.63) is 65.0 Å². The minimum absolute atomic E-state index is 0.0653. The predicted molar refractivity (Wildman–Crippen MR) is 98.9 cm³/mol. The van der Waals surface area contributed by atoms with Crippen molar-refractivity contribution in [2.45, 2.75) is 32.1 Å². The van der Waals surface area contributed by atoms with Crippen molar-refractivity contribution in [2.24, 2.45) is 5.73 Å². The van der Waals surface area contributed by atoms with Gasteiger partial charge < -0.3 is 20.3 Å². The molecule has 3 rings (SSSR count). The molecular weight excluding hydrogens is 328 g/mol. The Labute approximate surface area is 153 Å². The summed E-state index contributed by atoms with van der Waals surface area (Å²) in [7, 11) is 0. The second kappa shape index (κ2) is 7.83. The molecule has 0 aromatic heterocycles. The number of hydrogen-bond acceptors (Lipinski definition) is 5. The molecule has 0 spiro atoms. The zero-order valence-electron chi connectivity index (χ0n) is 14.7. The third-order valence-corrected chi connectivity index (χ3v) is 4.43. The molecule has 0 radical (unpaired) electrons. The average Bonchev–Trinajstić information content (AvgIpc) is 2.64. The Balaban J connectivity index is 1.88. The molecule has 1 aliphatic heterocycles. The molecule has 1 aliphatic rings. The number of unbranched alkanes of at least 4 members (excludes halogenated alkanes) is 2. The lowest BCUT2D eigenvalue weighted by atomic mass is 9.83. The predicted octanol–water partition coefficient (Wildman–Crippen LogP) is 4.18. The van der Waals surface area contributed by atoms with Crippen molar-refractivity contribution in [1.29, 1.82) is 5.26 Å². The summed E-state index contributed by atoms with van der Waals surface area (Å²) in [5.41, 5.74) is 8.01. The molecule has 0 bridgehead atoms. The monoisotopic (exact) mass is 350 g/mol. The highest BCUT2D eigenvalue weighted by Gasteiger charge is 2.30. The number of nitriles is 1. The molecule has 0 amide bonds. The highest BCUT2D eigenvalue weighted by Crippen LogP contribution is 2.43. The Hall–Kier alpha value is -3.13. The van der Waals surface area contributed by atoms with Crippen LogP contribution >= 0.6 is 0 Å². The first kappa shape index (κ1) is 17.7. The van der Waals surface area contributed by atoms with Gasteiger partial charge in [0.05, 0.1) is 12.5 Å². The number of rotatable bonds is 6. The SMILES string of the molecule is CCCCCOc1ccc([C@H]2C(C#N)=C(N)Oc3cc(O)ccc32)cc1. The van der Waals surface area contributed by atoms with E-state index in [4.69, 9.17) is 15.2 Å². The van der Waals surface area contributed by atoms with Gasteiger partial charge in [0.25, 0.3) is 0 Å². The summed E-state index contributed by atoms with van der Waals surface area (Å²) in [4.78, 5) is 0. The number of phenolic OH excluding ortho intramolecular Hbond substituents is 1. The summed E-state index contributed by atoms with van der Waals surface area (Å²) in [5.74, 6) is 1.09. The maximum absolute atomic E-state index is 9.69. The molecule has 1 heterocycles. The van der Waals surface area contributed by atoms with Crippen molar-refractivity contribution >= 4 is 0 Å². The number of phenols is 1. The third-order valence-electron chi connectivity index (χ3n) is 4.43. The molecule has 0 aliphatic carbocycles. The lowest BCUT2D eigenvalue weighted by Crippen LogP contribution is -2.20. The zero-order chi connectivity index (χ0) is 18.5. The van der Waals surface area contributed by atoms with Gasteiger partial charge in [-0.25, -0.2) is 0 Å². The van der Waals surface area contributed by atoms with E-state index < -0.39 is 0 Å². The minimum atomic E-state index is -0.335. The van der Waals surface area contributed by atoms with Crippen molar-refractivity contribution in [3.63, 3.8) is 0 Å². The topological polar surface area (TPSA) is 88.5 Å². The second-order valence-electron chi connectivity index (χ2n) is 6.27. The van der Waals surface area contributed by atoms with E-state index in [9.17, 15) is 10.4 Å². The number of hydrogen-bond donors (Lipinski definition) is 2. The first-order chi connectivity index (χ1) is 12.6. The molecule has 0 saturated heterocycles. The van der Waals surface area contributed by atoms with E-state index in [0.717, 1.165) is 36.1 Å². The van der Waals surface area contributed by atoms with Crippen LogP contribution in [0.3, 0.4) is 0 Å². The number of aromatic hydroxyl groups is 1. The quantitative estimate of drug-likeness (QED) is 0.763. The van der Waals surface area contributed by atoms with E-state index in [0.29, 0.717) is 17.9 Å². The van der Waals surface area contributed by atoms with E-state index >= 15 is 0 Å². The summed E-state index contributed by atoms with van der Waals surface area (Å²) in [6.07, 6.45) is 3.35. The van der Waals surface area contributed by atoms with Crippen LogP contribution in [0.4, 0.5) is 0 Å². The van der Waals surface area contributed by atoms with Crippen molar-refractivity contribution in [2.75, 3.05) is 6.61 Å². The number of allylic oxidation sites excluding steroid dienone is 1. The van der Waals surface area contributed by atoms with Gasteiger partial charge in [0, 0.05) is 11.6 Å². The highest BCUT2D eigenvalue weighted by atomic mass is 16.5. The Morgan fingerprint density at radius 1 is 1.19 bits per heavy atom. The van der Waals surface area contributed by atoms with Crippen LogP contribution in [0.1, 0.15) is 43.2 Å². The molecule has 3 N–H and O–H groups in total. The molecule has 0 saturated carbocycles. The number of nitrogens with zero attached hydrogens (tertiary/aromatic N) is 1. The fourth-order valence-corrected chi connectivity index (χ4v) is 3.09. The van der Waals surface area contributed by atoms with Crippen molar-refractivity contribution in [1.82, 2.24) is 0 Å². The van der Waals surface area contributed by atoms with Gasteiger partial charge in [0.1, 0.15) is 28.9 Å². The van der Waals surface area contributed by atoms with Gasteiger partial charge in [-0.05, 0) is 30.2 Å². The number of ether oxygens (including phenoxy) is 2. The summed E-state index contributed by atoms with van der Waals surface area (Å²) in [6, 6.07) is 14.7. The number of nitrogens with two attached hydrogens (primary N) is 1. The average molecular weight is 350 g/mol. The first-order valence-electron chi connectivity index (χ1n) is 8.77. The normalized spacial score (nSPS) is 15.8. The lowest BCUT2D eigenvalue weighted by molar-refractivity contribution is 0.306. The first-order valence-corrected chi connectivity index (χ1v) is 8.77. The van der Waals surface area contributed by atoms with Crippen molar-refractivity contribution in [3.8, 4) is 23.3 Å². The molecule has 0 unspecified atom stereocenters. The smallest absolute Gasteiger partial charge is 0.205 e. The lowest BCUT2D eigenvalue weighted by Gasteiger charge is -2.26. The molecule has 134 valence electrons. The third kappa shape index (κ3) is 3.60. The molecule has 2 aromatic carbocycles. The Morgan fingerprint density at radius 2 is 1.96 bits per heavy atom. The summed E-state index contributed by atoms with van der Waals surface area (Å²) < 4.78 is 11.3. The van der Waals surface area contributed by atoms with Crippen LogP contribution in [0.25, 0.3) is 0 Å². The minimum Gasteiger partial charge on any atom is -0.508 e. The van der Waals surface area contributed by atoms with Crippen LogP contribution in [-0.2, 0) is 0 Å². The fraction of sp³-hybridized carbons (Fsp3) is 0.286. The van der Waals surface area contributed by atoms with Gasteiger partial charge in [-0.15, -0.1) is 0 Å². The van der Waals surface area contributed by atoms with E-state index in [-0.39, 0.29) is 17.6 Å². The van der Waals surface area contributed by atoms with Crippen LogP contribution in [0, 0.1) is 11.3 Å². The molecule has 5 nitrogen and oxygen atoms in total. The molecule has 1 atom stereocenters.